The maximum atomic E-state index is 5.87. The molecule has 3 saturated heterocycles. The van der Waals surface area contributed by atoms with Crippen LogP contribution in [0.15, 0.2) is 52.9 Å². The highest BCUT2D eigenvalue weighted by atomic mass is 35.5. The number of hydrogen-bond donors (Lipinski definition) is 0. The molecule has 3 fully saturated rings. The minimum Gasteiger partial charge on any atom is -0.436 e. The average Bonchev–Trinajstić information content (AvgIpc) is 3.07. The number of rotatable bonds is 2. The molecule has 3 nitrogen and oxygen atoms in total. The normalized spacial score (nSPS) is 25.6. The molecule has 4 heteroatoms. The maximum Gasteiger partial charge on any atom is 0.227 e. The lowest BCUT2D eigenvalue weighted by Gasteiger charge is -2.45. The van der Waals surface area contributed by atoms with Crippen molar-refractivity contribution in [3.05, 3.63) is 54.1 Å². The molecule has 2 aromatic carbocycles. The SMILES string of the molecule is Cl.c1ccc2oc(-c3ccc(C4CN5CCC4CC5)cc3)nc2c1. The van der Waals surface area contributed by atoms with Crippen molar-refractivity contribution in [1.82, 2.24) is 9.88 Å². The molecule has 4 heterocycles. The molecule has 0 amide bonds. The van der Waals surface area contributed by atoms with E-state index in [-0.39, 0.29) is 12.4 Å². The highest BCUT2D eigenvalue weighted by Gasteiger charge is 2.34. The number of nitrogens with zero attached hydrogens (tertiary/aromatic N) is 2. The number of halogens is 1. The van der Waals surface area contributed by atoms with Gasteiger partial charge in [0.05, 0.1) is 0 Å². The van der Waals surface area contributed by atoms with Crippen LogP contribution in [-0.4, -0.2) is 29.5 Å². The highest BCUT2D eigenvalue weighted by Crippen LogP contribution is 2.39. The highest BCUT2D eigenvalue weighted by molar-refractivity contribution is 5.85. The van der Waals surface area contributed by atoms with Crippen LogP contribution in [0.4, 0.5) is 0 Å². The Bertz CT molecular complexity index is 801. The van der Waals surface area contributed by atoms with E-state index < -0.39 is 0 Å². The lowest BCUT2D eigenvalue weighted by Crippen LogP contribution is -2.46. The summed E-state index contributed by atoms with van der Waals surface area (Å²) in [5.74, 6) is 2.29. The molecule has 0 radical (unpaired) electrons. The molecule has 24 heavy (non-hydrogen) atoms. The number of para-hydroxylation sites is 2. The van der Waals surface area contributed by atoms with Gasteiger partial charge in [-0.05, 0) is 67.6 Å². The van der Waals surface area contributed by atoms with E-state index in [1.165, 1.54) is 38.0 Å². The van der Waals surface area contributed by atoms with Gasteiger partial charge in [0.2, 0.25) is 5.89 Å². The summed E-state index contributed by atoms with van der Waals surface area (Å²) in [6.45, 7) is 3.82. The van der Waals surface area contributed by atoms with E-state index in [4.69, 9.17) is 4.42 Å². The van der Waals surface area contributed by atoms with E-state index in [0.29, 0.717) is 11.8 Å². The molecule has 1 atom stereocenters. The first-order valence-corrected chi connectivity index (χ1v) is 8.55. The van der Waals surface area contributed by atoms with Gasteiger partial charge in [-0.1, -0.05) is 24.3 Å². The van der Waals surface area contributed by atoms with Gasteiger partial charge in [-0.3, -0.25) is 0 Å². The molecular weight excluding hydrogens is 320 g/mol. The number of benzene rings is 2. The number of aromatic nitrogens is 1. The Balaban J connectivity index is 0.00000146. The number of hydrogen-bond acceptors (Lipinski definition) is 3. The van der Waals surface area contributed by atoms with Crippen molar-refractivity contribution in [3.8, 4) is 11.5 Å². The molecule has 2 bridgehead atoms. The zero-order chi connectivity index (χ0) is 15.2. The van der Waals surface area contributed by atoms with Crippen LogP contribution in [0.2, 0.25) is 0 Å². The molecular formula is C20H21ClN2O. The summed E-state index contributed by atoms with van der Waals surface area (Å²) in [6.07, 6.45) is 2.72. The molecule has 1 unspecified atom stereocenters. The molecule has 124 valence electrons. The van der Waals surface area contributed by atoms with Gasteiger partial charge in [0.15, 0.2) is 5.58 Å². The summed E-state index contributed by atoms with van der Waals surface area (Å²) >= 11 is 0. The van der Waals surface area contributed by atoms with E-state index in [2.05, 4.69) is 34.1 Å². The third-order valence-electron chi connectivity index (χ3n) is 5.54. The fourth-order valence-corrected chi connectivity index (χ4v) is 4.21. The fraction of sp³-hybridized carbons (Fsp3) is 0.350. The molecule has 3 aliphatic heterocycles. The first-order chi connectivity index (χ1) is 11.4. The monoisotopic (exact) mass is 340 g/mol. The Morgan fingerprint density at radius 3 is 2.38 bits per heavy atom. The molecule has 3 aliphatic rings. The maximum absolute atomic E-state index is 5.87. The largest absolute Gasteiger partial charge is 0.436 e. The van der Waals surface area contributed by atoms with Crippen LogP contribution in [0, 0.1) is 5.92 Å². The second kappa shape index (κ2) is 6.23. The molecule has 0 saturated carbocycles. The summed E-state index contributed by atoms with van der Waals surface area (Å²) in [5.41, 5.74) is 4.30. The van der Waals surface area contributed by atoms with Gasteiger partial charge in [-0.2, -0.15) is 0 Å². The van der Waals surface area contributed by atoms with Crippen molar-refractivity contribution in [3.63, 3.8) is 0 Å². The number of oxazole rings is 1. The van der Waals surface area contributed by atoms with Crippen LogP contribution < -0.4 is 0 Å². The van der Waals surface area contributed by atoms with E-state index >= 15 is 0 Å². The first-order valence-electron chi connectivity index (χ1n) is 8.55. The van der Waals surface area contributed by atoms with Crippen LogP contribution in [0.5, 0.6) is 0 Å². The van der Waals surface area contributed by atoms with Crippen LogP contribution in [0.1, 0.15) is 24.3 Å². The number of piperidine rings is 3. The topological polar surface area (TPSA) is 29.3 Å². The lowest BCUT2D eigenvalue weighted by molar-refractivity contribution is 0.0871. The van der Waals surface area contributed by atoms with Gasteiger partial charge < -0.3 is 9.32 Å². The Morgan fingerprint density at radius 2 is 1.71 bits per heavy atom. The Kier molecular flexibility index (Phi) is 4.07. The van der Waals surface area contributed by atoms with Crippen molar-refractivity contribution < 1.29 is 4.42 Å². The van der Waals surface area contributed by atoms with Crippen molar-refractivity contribution >= 4 is 23.5 Å². The van der Waals surface area contributed by atoms with Gasteiger partial charge in [-0.15, -0.1) is 12.4 Å². The summed E-state index contributed by atoms with van der Waals surface area (Å²) in [7, 11) is 0. The van der Waals surface area contributed by atoms with E-state index in [0.717, 1.165) is 22.6 Å². The van der Waals surface area contributed by atoms with Crippen molar-refractivity contribution in [2.24, 2.45) is 5.92 Å². The third kappa shape index (κ3) is 2.62. The van der Waals surface area contributed by atoms with E-state index in [1.54, 1.807) is 0 Å². The van der Waals surface area contributed by atoms with Crippen LogP contribution in [-0.2, 0) is 0 Å². The minimum atomic E-state index is 0. The summed E-state index contributed by atoms with van der Waals surface area (Å²) in [5, 5.41) is 0. The number of fused-ring (bicyclic) bond motifs is 4. The van der Waals surface area contributed by atoms with Gasteiger partial charge in [0.25, 0.3) is 0 Å². The summed E-state index contributed by atoms with van der Waals surface area (Å²) in [6, 6.07) is 16.8. The Hall–Kier alpha value is -1.84. The summed E-state index contributed by atoms with van der Waals surface area (Å²) < 4.78 is 5.87. The molecule has 1 aromatic heterocycles. The van der Waals surface area contributed by atoms with E-state index in [1.807, 2.05) is 24.3 Å². The molecule has 0 N–H and O–H groups in total. The summed E-state index contributed by atoms with van der Waals surface area (Å²) in [4.78, 5) is 7.20. The van der Waals surface area contributed by atoms with Crippen LogP contribution in [0.3, 0.4) is 0 Å². The quantitative estimate of drug-likeness (QED) is 0.675. The smallest absolute Gasteiger partial charge is 0.227 e. The van der Waals surface area contributed by atoms with Crippen LogP contribution in [0.25, 0.3) is 22.6 Å². The van der Waals surface area contributed by atoms with Crippen molar-refractivity contribution in [1.29, 1.82) is 0 Å². The standard InChI is InChI=1S/C20H20N2O.ClH/c1-2-4-19-18(3-1)21-20(23-19)16-7-5-14(6-8-16)17-13-22-11-9-15(17)10-12-22;/h1-8,15,17H,9-13H2;1H. The zero-order valence-electron chi connectivity index (χ0n) is 13.5. The molecule has 3 aromatic rings. The van der Waals surface area contributed by atoms with Gasteiger partial charge in [0, 0.05) is 12.1 Å². The Morgan fingerprint density at radius 1 is 0.958 bits per heavy atom. The molecule has 6 rings (SSSR count). The zero-order valence-corrected chi connectivity index (χ0v) is 14.3. The van der Waals surface area contributed by atoms with Gasteiger partial charge >= 0.3 is 0 Å². The van der Waals surface area contributed by atoms with Gasteiger partial charge in [-0.25, -0.2) is 4.98 Å². The second-order valence-corrected chi connectivity index (χ2v) is 6.85. The minimum absolute atomic E-state index is 0. The average molecular weight is 341 g/mol. The predicted molar refractivity (Wildman–Crippen MR) is 98.6 cm³/mol. The van der Waals surface area contributed by atoms with Gasteiger partial charge in [0.1, 0.15) is 5.52 Å². The van der Waals surface area contributed by atoms with Crippen molar-refractivity contribution in [2.75, 3.05) is 19.6 Å². The fourth-order valence-electron chi connectivity index (χ4n) is 4.21. The lowest BCUT2D eigenvalue weighted by atomic mass is 9.75. The van der Waals surface area contributed by atoms with Crippen LogP contribution >= 0.6 is 12.4 Å². The van der Waals surface area contributed by atoms with Crippen molar-refractivity contribution in [2.45, 2.75) is 18.8 Å². The molecule has 0 spiro atoms. The van der Waals surface area contributed by atoms with E-state index in [9.17, 15) is 0 Å². The second-order valence-electron chi connectivity index (χ2n) is 6.85. The Labute approximate surface area is 148 Å². The first kappa shape index (κ1) is 15.7. The predicted octanol–water partition coefficient (Wildman–Crippen LogP) is 4.73. The molecule has 0 aliphatic carbocycles. The third-order valence-corrected chi connectivity index (χ3v) is 5.54.